The van der Waals surface area contributed by atoms with E-state index in [2.05, 4.69) is 86.6 Å². The van der Waals surface area contributed by atoms with E-state index in [4.69, 9.17) is 9.47 Å². The highest BCUT2D eigenvalue weighted by atomic mass is 32.1. The van der Waals surface area contributed by atoms with Crippen LogP contribution in [0.1, 0.15) is 102 Å². The Balaban J connectivity index is 1.02. The van der Waals surface area contributed by atoms with Crippen molar-refractivity contribution in [3.63, 3.8) is 0 Å². The van der Waals surface area contributed by atoms with Crippen molar-refractivity contribution < 1.29 is 9.47 Å². The van der Waals surface area contributed by atoms with Crippen LogP contribution in [0, 0.1) is 0 Å². The lowest BCUT2D eigenvalue weighted by Crippen LogP contribution is -1.97. The molecular formula is C46H54O2S2. The molecule has 0 saturated carbocycles. The average Bonchev–Trinajstić information content (AvgIpc) is 3.66. The molecule has 5 aromatic carbocycles. The molecule has 2 heterocycles. The van der Waals surface area contributed by atoms with Crippen LogP contribution in [0.2, 0.25) is 0 Å². The van der Waals surface area contributed by atoms with Crippen LogP contribution in [0.3, 0.4) is 0 Å². The van der Waals surface area contributed by atoms with Crippen molar-refractivity contribution in [1.82, 2.24) is 0 Å². The van der Waals surface area contributed by atoms with Gasteiger partial charge in [0.1, 0.15) is 0 Å². The molecule has 0 saturated heterocycles. The van der Waals surface area contributed by atoms with E-state index in [1.165, 1.54) is 150 Å². The molecule has 0 bridgehead atoms. The van der Waals surface area contributed by atoms with E-state index in [-0.39, 0.29) is 0 Å². The summed E-state index contributed by atoms with van der Waals surface area (Å²) in [6.45, 7) is 8.15. The summed E-state index contributed by atoms with van der Waals surface area (Å²) in [5, 5.41) is 11.0. The third-order valence-corrected chi connectivity index (χ3v) is 12.6. The molecule has 0 spiro atoms. The van der Waals surface area contributed by atoms with Crippen LogP contribution < -0.4 is 0 Å². The highest BCUT2D eigenvalue weighted by molar-refractivity contribution is 7.27. The first-order valence-corrected chi connectivity index (χ1v) is 21.2. The molecule has 0 fully saturated rings. The van der Waals surface area contributed by atoms with Gasteiger partial charge in [0, 0.05) is 66.8 Å². The Morgan fingerprint density at radius 1 is 0.380 bits per heavy atom. The number of fused-ring (bicyclic) bond motifs is 8. The molecule has 0 radical (unpaired) electrons. The van der Waals surface area contributed by atoms with Crippen molar-refractivity contribution in [2.45, 2.75) is 104 Å². The van der Waals surface area contributed by atoms with Gasteiger partial charge in [-0.3, -0.25) is 0 Å². The number of aryl methyl sites for hydroxylation is 2. The highest BCUT2D eigenvalue weighted by Gasteiger charge is 2.13. The van der Waals surface area contributed by atoms with E-state index in [9.17, 15) is 0 Å². The Hall–Kier alpha value is -3.02. The molecule has 0 atom stereocenters. The first-order chi connectivity index (χ1) is 24.7. The zero-order chi connectivity index (χ0) is 34.1. The Kier molecular flexibility index (Phi) is 12.4. The van der Waals surface area contributed by atoms with E-state index in [0.29, 0.717) is 0 Å². The van der Waals surface area contributed by atoms with Gasteiger partial charge >= 0.3 is 0 Å². The lowest BCUT2D eigenvalue weighted by atomic mass is 10.00. The zero-order valence-electron chi connectivity index (χ0n) is 30.3. The van der Waals surface area contributed by atoms with Crippen molar-refractivity contribution in [1.29, 1.82) is 0 Å². The number of hydrogen-bond acceptors (Lipinski definition) is 4. The van der Waals surface area contributed by atoms with Crippen molar-refractivity contribution >= 4 is 84.6 Å². The molecule has 0 aliphatic carbocycles. The van der Waals surface area contributed by atoms with E-state index < -0.39 is 0 Å². The van der Waals surface area contributed by atoms with Gasteiger partial charge in [0.2, 0.25) is 0 Å². The fourth-order valence-electron chi connectivity index (χ4n) is 7.47. The lowest BCUT2D eigenvalue weighted by molar-refractivity contribution is 0.126. The van der Waals surface area contributed by atoms with Crippen molar-refractivity contribution in [2.24, 2.45) is 0 Å². The third kappa shape index (κ3) is 8.53. The molecule has 7 aromatic rings. The zero-order valence-corrected chi connectivity index (χ0v) is 31.9. The topological polar surface area (TPSA) is 18.5 Å². The number of thiophene rings is 2. The van der Waals surface area contributed by atoms with Crippen molar-refractivity contribution in [3.8, 4) is 0 Å². The van der Waals surface area contributed by atoms with Crippen molar-refractivity contribution in [2.75, 3.05) is 26.4 Å². The smallest absolute Gasteiger partial charge is 0.0466 e. The van der Waals surface area contributed by atoms with Gasteiger partial charge in [-0.2, -0.15) is 0 Å². The van der Waals surface area contributed by atoms with Gasteiger partial charge in [0.25, 0.3) is 0 Å². The molecule has 2 nitrogen and oxygen atoms in total. The minimum absolute atomic E-state index is 0.910. The van der Waals surface area contributed by atoms with Crippen LogP contribution >= 0.6 is 22.7 Å². The summed E-state index contributed by atoms with van der Waals surface area (Å²) in [4.78, 5) is 0. The molecule has 0 aliphatic heterocycles. The molecule has 4 heteroatoms. The Morgan fingerprint density at radius 3 is 1.22 bits per heavy atom. The monoisotopic (exact) mass is 702 g/mol. The first-order valence-electron chi connectivity index (χ1n) is 19.5. The summed E-state index contributed by atoms with van der Waals surface area (Å²) < 4.78 is 17.2. The van der Waals surface area contributed by atoms with Gasteiger partial charge in [-0.15, -0.1) is 22.7 Å². The van der Waals surface area contributed by atoms with Gasteiger partial charge in [0.15, 0.2) is 0 Å². The number of rotatable bonds is 20. The SMILES string of the molecule is CCCCCOCCCCCc1ccc2cc3c(cc2c1)sc1cc2c(cc13)sc1cc3cc(CCCCCOCCCCC)ccc3cc12. The number of hydrogen-bond donors (Lipinski definition) is 0. The molecule has 0 amide bonds. The fraction of sp³-hybridized carbons (Fsp3) is 0.435. The lowest BCUT2D eigenvalue weighted by Gasteiger charge is -2.06. The molecular weight excluding hydrogens is 649 g/mol. The average molecular weight is 703 g/mol. The number of benzene rings is 5. The maximum Gasteiger partial charge on any atom is 0.0466 e. The highest BCUT2D eigenvalue weighted by Crippen LogP contribution is 2.43. The van der Waals surface area contributed by atoms with Crippen LogP contribution in [-0.2, 0) is 22.3 Å². The molecule has 0 unspecified atom stereocenters. The Labute approximate surface area is 306 Å². The summed E-state index contributed by atoms with van der Waals surface area (Å²) >= 11 is 3.90. The minimum atomic E-state index is 0.910. The minimum Gasteiger partial charge on any atom is -0.381 e. The number of ether oxygens (including phenoxy) is 2. The largest absolute Gasteiger partial charge is 0.381 e. The number of unbranched alkanes of at least 4 members (excludes halogenated alkanes) is 8. The summed E-state index contributed by atoms with van der Waals surface area (Å²) in [5.41, 5.74) is 2.90. The van der Waals surface area contributed by atoms with E-state index in [1.54, 1.807) is 0 Å². The molecule has 7 rings (SSSR count). The molecule has 0 aliphatic rings. The summed E-state index contributed by atoms with van der Waals surface area (Å²) in [6, 6.07) is 28.9. The van der Waals surface area contributed by atoms with Gasteiger partial charge in [0.05, 0.1) is 0 Å². The predicted molar refractivity (Wildman–Crippen MR) is 223 cm³/mol. The summed E-state index contributed by atoms with van der Waals surface area (Å²) in [5.74, 6) is 0. The van der Waals surface area contributed by atoms with Gasteiger partial charge in [-0.05, 0) is 120 Å². The van der Waals surface area contributed by atoms with Crippen LogP contribution in [0.15, 0.2) is 72.8 Å². The second kappa shape index (κ2) is 17.5. The second-order valence-electron chi connectivity index (χ2n) is 14.4. The summed E-state index contributed by atoms with van der Waals surface area (Å²) in [6.07, 6.45) is 17.0. The maximum absolute atomic E-state index is 5.80. The molecule has 0 N–H and O–H groups in total. The van der Waals surface area contributed by atoms with Gasteiger partial charge in [-0.25, -0.2) is 0 Å². The van der Waals surface area contributed by atoms with Crippen LogP contribution in [0.5, 0.6) is 0 Å². The van der Waals surface area contributed by atoms with Gasteiger partial charge in [-0.1, -0.05) is 88.8 Å². The third-order valence-electron chi connectivity index (χ3n) is 10.4. The Morgan fingerprint density at radius 2 is 0.780 bits per heavy atom. The van der Waals surface area contributed by atoms with E-state index in [0.717, 1.165) is 39.3 Å². The van der Waals surface area contributed by atoms with E-state index >= 15 is 0 Å². The predicted octanol–water partition coefficient (Wildman–Crippen LogP) is 14.6. The molecule has 262 valence electrons. The second-order valence-corrected chi connectivity index (χ2v) is 16.5. The quantitative estimate of drug-likeness (QED) is 0.0736. The Bertz CT molecular complexity index is 2010. The molecule has 50 heavy (non-hydrogen) atoms. The van der Waals surface area contributed by atoms with Gasteiger partial charge < -0.3 is 9.47 Å². The first kappa shape index (κ1) is 35.4. The fourth-order valence-corrected chi connectivity index (χ4v) is 9.79. The summed E-state index contributed by atoms with van der Waals surface area (Å²) in [7, 11) is 0. The maximum atomic E-state index is 5.80. The van der Waals surface area contributed by atoms with Crippen molar-refractivity contribution in [3.05, 3.63) is 83.9 Å². The van der Waals surface area contributed by atoms with Crippen LogP contribution in [0.25, 0.3) is 61.9 Å². The normalized spacial score (nSPS) is 12.2. The van der Waals surface area contributed by atoms with Crippen LogP contribution in [0.4, 0.5) is 0 Å². The van der Waals surface area contributed by atoms with E-state index in [1.807, 2.05) is 22.7 Å². The molecule has 2 aromatic heterocycles. The van der Waals surface area contributed by atoms with Crippen LogP contribution in [-0.4, -0.2) is 26.4 Å². The standard InChI is InChI=1S/C46H54O2S2/c1-3-5-11-21-47-23-13-7-9-15-33-17-19-35-27-39-41-31-46-42(32-45(41)49-43(39)29-37(35)25-33)40-28-36-20-18-34(26-38(36)30-44(40)50-46)16-10-8-14-24-48-22-12-6-4-2/h17-20,25-32H,3-16,21-24H2,1-2H3.